The number of nitrogens with one attached hydrogen (secondary N) is 2. The number of anilines is 1. The summed E-state index contributed by atoms with van der Waals surface area (Å²) in [5.41, 5.74) is 8.20. The zero-order valence-electron chi connectivity index (χ0n) is 11.8. The maximum absolute atomic E-state index is 12.2. The third-order valence-electron chi connectivity index (χ3n) is 3.08. The number of benzene rings is 1. The van der Waals surface area contributed by atoms with Crippen molar-refractivity contribution in [2.45, 2.75) is 26.2 Å². The Labute approximate surface area is 118 Å². The van der Waals surface area contributed by atoms with Crippen molar-refractivity contribution in [1.29, 1.82) is 0 Å². The van der Waals surface area contributed by atoms with Crippen molar-refractivity contribution in [3.05, 3.63) is 47.2 Å². The topological polar surface area (TPSA) is 83.8 Å². The van der Waals surface area contributed by atoms with E-state index in [1.165, 1.54) is 0 Å². The van der Waals surface area contributed by atoms with Crippen molar-refractivity contribution in [3.8, 4) is 0 Å². The van der Waals surface area contributed by atoms with Crippen molar-refractivity contribution in [1.82, 2.24) is 10.2 Å². The van der Waals surface area contributed by atoms with E-state index in [0.29, 0.717) is 23.8 Å². The summed E-state index contributed by atoms with van der Waals surface area (Å²) in [7, 11) is 0. The van der Waals surface area contributed by atoms with Gasteiger partial charge in [-0.15, -0.1) is 0 Å². The highest BCUT2D eigenvalue weighted by atomic mass is 16.1. The fourth-order valence-corrected chi connectivity index (χ4v) is 1.92. The van der Waals surface area contributed by atoms with E-state index in [4.69, 9.17) is 5.73 Å². The second kappa shape index (κ2) is 6.34. The summed E-state index contributed by atoms with van der Waals surface area (Å²) in [6, 6.07) is 9.33. The first-order valence-corrected chi connectivity index (χ1v) is 6.76. The minimum absolute atomic E-state index is 0.161. The molecule has 2 rings (SSSR count). The maximum atomic E-state index is 12.2. The molecule has 0 aliphatic rings. The summed E-state index contributed by atoms with van der Waals surface area (Å²) in [5.74, 6) is 0.731. The van der Waals surface area contributed by atoms with E-state index in [1.807, 2.05) is 24.3 Å². The molecule has 0 spiro atoms. The normalized spacial score (nSPS) is 10.8. The van der Waals surface area contributed by atoms with Gasteiger partial charge in [0.15, 0.2) is 5.82 Å². The minimum atomic E-state index is -0.161. The third-order valence-corrected chi connectivity index (χ3v) is 3.08. The lowest BCUT2D eigenvalue weighted by Crippen LogP contribution is -2.13. The van der Waals surface area contributed by atoms with Gasteiger partial charge < -0.3 is 11.1 Å². The van der Waals surface area contributed by atoms with Crippen LogP contribution in [0.25, 0.3) is 0 Å². The standard InChI is InChI=1S/C15H20N4O/c1-10(2)13-9-14(19-18-13)17-15(20)12-5-3-4-11(8-12)6-7-16/h3-5,8-10H,6-7,16H2,1-2H3,(H2,17,18,19,20). The first-order chi connectivity index (χ1) is 9.60. The Bertz CT molecular complexity index is 589. The Morgan fingerprint density at radius 3 is 2.85 bits per heavy atom. The van der Waals surface area contributed by atoms with Crippen LogP contribution in [0, 0.1) is 0 Å². The van der Waals surface area contributed by atoms with Crippen molar-refractivity contribution in [2.75, 3.05) is 11.9 Å². The molecule has 2 aromatic rings. The van der Waals surface area contributed by atoms with Gasteiger partial charge in [-0.3, -0.25) is 9.89 Å². The first-order valence-electron chi connectivity index (χ1n) is 6.76. The van der Waals surface area contributed by atoms with E-state index in [-0.39, 0.29) is 5.91 Å². The Balaban J connectivity index is 2.09. The van der Waals surface area contributed by atoms with E-state index in [0.717, 1.165) is 17.7 Å². The zero-order valence-corrected chi connectivity index (χ0v) is 11.8. The van der Waals surface area contributed by atoms with Gasteiger partial charge in [-0.25, -0.2) is 0 Å². The predicted octanol–water partition coefficient (Wildman–Crippen LogP) is 2.29. The molecular formula is C15H20N4O. The Hall–Kier alpha value is -2.14. The number of aromatic nitrogens is 2. The maximum Gasteiger partial charge on any atom is 0.256 e. The molecule has 0 unspecified atom stereocenters. The number of carbonyl (C=O) groups is 1. The molecule has 0 bridgehead atoms. The van der Waals surface area contributed by atoms with Crippen LogP contribution in [0.1, 0.15) is 41.4 Å². The summed E-state index contributed by atoms with van der Waals surface area (Å²) in [6.45, 7) is 4.70. The highest BCUT2D eigenvalue weighted by Gasteiger charge is 2.10. The molecule has 1 amide bonds. The summed E-state index contributed by atoms with van der Waals surface area (Å²) < 4.78 is 0. The van der Waals surface area contributed by atoms with Gasteiger partial charge in [0.05, 0.1) is 0 Å². The minimum Gasteiger partial charge on any atom is -0.330 e. The molecule has 0 aliphatic carbocycles. The molecule has 0 saturated heterocycles. The van der Waals surface area contributed by atoms with E-state index in [1.54, 1.807) is 6.07 Å². The molecule has 0 radical (unpaired) electrons. The number of nitrogens with zero attached hydrogens (tertiary/aromatic N) is 1. The fourth-order valence-electron chi connectivity index (χ4n) is 1.92. The average Bonchev–Trinajstić information content (AvgIpc) is 2.88. The van der Waals surface area contributed by atoms with Crippen LogP contribution >= 0.6 is 0 Å². The van der Waals surface area contributed by atoms with Gasteiger partial charge >= 0.3 is 0 Å². The largest absolute Gasteiger partial charge is 0.330 e. The summed E-state index contributed by atoms with van der Waals surface area (Å²) in [6.07, 6.45) is 0.765. The number of H-pyrrole nitrogens is 1. The van der Waals surface area contributed by atoms with Gasteiger partial charge in [-0.1, -0.05) is 26.0 Å². The van der Waals surface area contributed by atoms with Crippen LogP contribution < -0.4 is 11.1 Å². The third kappa shape index (κ3) is 3.45. The second-order valence-electron chi connectivity index (χ2n) is 5.06. The van der Waals surface area contributed by atoms with Crippen LogP contribution in [-0.4, -0.2) is 22.6 Å². The van der Waals surface area contributed by atoms with Gasteiger partial charge in [0.1, 0.15) is 0 Å². The van der Waals surface area contributed by atoms with Gasteiger partial charge in [0, 0.05) is 17.3 Å². The molecule has 0 fully saturated rings. The SMILES string of the molecule is CC(C)c1cc(NC(=O)c2cccc(CCN)c2)n[nH]1. The van der Waals surface area contributed by atoms with Crippen molar-refractivity contribution in [3.63, 3.8) is 0 Å². The van der Waals surface area contributed by atoms with Crippen LogP contribution in [-0.2, 0) is 6.42 Å². The monoisotopic (exact) mass is 272 g/mol. The van der Waals surface area contributed by atoms with Crippen molar-refractivity contribution < 1.29 is 4.79 Å². The van der Waals surface area contributed by atoms with Crippen LogP contribution in [0.4, 0.5) is 5.82 Å². The van der Waals surface area contributed by atoms with Gasteiger partial charge in [0.25, 0.3) is 5.91 Å². The van der Waals surface area contributed by atoms with E-state index in [2.05, 4.69) is 29.4 Å². The second-order valence-corrected chi connectivity index (χ2v) is 5.06. The highest BCUT2D eigenvalue weighted by Crippen LogP contribution is 2.15. The summed E-state index contributed by atoms with van der Waals surface area (Å²) in [4.78, 5) is 12.2. The lowest BCUT2D eigenvalue weighted by Gasteiger charge is -2.04. The smallest absolute Gasteiger partial charge is 0.256 e. The average molecular weight is 272 g/mol. The van der Waals surface area contributed by atoms with Crippen LogP contribution in [0.2, 0.25) is 0 Å². The fraction of sp³-hybridized carbons (Fsp3) is 0.333. The molecule has 4 N–H and O–H groups in total. The molecule has 1 aromatic carbocycles. The molecule has 20 heavy (non-hydrogen) atoms. The van der Waals surface area contributed by atoms with E-state index in [9.17, 15) is 4.79 Å². The summed E-state index contributed by atoms with van der Waals surface area (Å²) in [5, 5.41) is 9.79. The lowest BCUT2D eigenvalue weighted by atomic mass is 10.1. The number of nitrogens with two attached hydrogens (primary N) is 1. The molecule has 0 saturated carbocycles. The lowest BCUT2D eigenvalue weighted by molar-refractivity contribution is 0.102. The molecule has 5 nitrogen and oxygen atoms in total. The highest BCUT2D eigenvalue weighted by molar-refractivity contribution is 6.03. The van der Waals surface area contributed by atoms with E-state index < -0.39 is 0 Å². The Morgan fingerprint density at radius 1 is 1.40 bits per heavy atom. The first kappa shape index (κ1) is 14.3. The van der Waals surface area contributed by atoms with Crippen LogP contribution in [0.15, 0.2) is 30.3 Å². The van der Waals surface area contributed by atoms with Crippen LogP contribution in [0.3, 0.4) is 0 Å². The molecule has 0 aliphatic heterocycles. The number of hydrogen-bond acceptors (Lipinski definition) is 3. The van der Waals surface area contributed by atoms with E-state index >= 15 is 0 Å². The molecule has 1 aromatic heterocycles. The van der Waals surface area contributed by atoms with Gasteiger partial charge in [-0.05, 0) is 36.6 Å². The number of aromatic amines is 1. The Kier molecular flexibility index (Phi) is 4.53. The van der Waals surface area contributed by atoms with Crippen molar-refractivity contribution in [2.24, 2.45) is 5.73 Å². The molecular weight excluding hydrogens is 252 g/mol. The van der Waals surface area contributed by atoms with Crippen LogP contribution in [0.5, 0.6) is 0 Å². The number of hydrogen-bond donors (Lipinski definition) is 3. The molecule has 1 heterocycles. The Morgan fingerprint density at radius 2 is 2.20 bits per heavy atom. The summed E-state index contributed by atoms with van der Waals surface area (Å²) >= 11 is 0. The number of amides is 1. The quantitative estimate of drug-likeness (QED) is 0.780. The number of rotatable bonds is 5. The van der Waals surface area contributed by atoms with Gasteiger partial charge in [0.2, 0.25) is 0 Å². The van der Waals surface area contributed by atoms with Crippen molar-refractivity contribution >= 4 is 11.7 Å². The molecule has 0 atom stereocenters. The number of carbonyl (C=O) groups excluding carboxylic acids is 1. The zero-order chi connectivity index (χ0) is 14.5. The molecule has 106 valence electrons. The molecule has 5 heteroatoms. The predicted molar refractivity (Wildman–Crippen MR) is 79.8 cm³/mol. The van der Waals surface area contributed by atoms with Gasteiger partial charge in [-0.2, -0.15) is 5.10 Å².